The Morgan fingerprint density at radius 3 is 2.53 bits per heavy atom. The SMILES string of the molecule is Cc1ccc(C(=O)NCCCc2ccccc2)c(C2CCN(C(=O)c3cccc(Cl)c3)CC2)n1. The average molecular weight is 476 g/mol. The molecule has 2 aromatic carbocycles. The first-order chi connectivity index (χ1) is 16.5. The summed E-state index contributed by atoms with van der Waals surface area (Å²) in [6, 6.07) is 21.1. The van der Waals surface area contributed by atoms with E-state index in [1.165, 1.54) is 5.56 Å². The fourth-order valence-electron chi connectivity index (χ4n) is 4.47. The van der Waals surface area contributed by atoms with Crippen molar-refractivity contribution in [1.82, 2.24) is 15.2 Å². The van der Waals surface area contributed by atoms with Gasteiger partial charge in [-0.25, -0.2) is 0 Å². The van der Waals surface area contributed by atoms with E-state index in [4.69, 9.17) is 16.6 Å². The van der Waals surface area contributed by atoms with Crippen LogP contribution >= 0.6 is 11.6 Å². The third-order valence-corrected chi connectivity index (χ3v) is 6.55. The van der Waals surface area contributed by atoms with Crippen LogP contribution in [0, 0.1) is 6.92 Å². The molecule has 1 aliphatic rings. The lowest BCUT2D eigenvalue weighted by atomic mass is 9.89. The number of piperidine rings is 1. The average Bonchev–Trinajstić information content (AvgIpc) is 2.87. The molecule has 0 unspecified atom stereocenters. The molecule has 34 heavy (non-hydrogen) atoms. The molecule has 1 saturated heterocycles. The summed E-state index contributed by atoms with van der Waals surface area (Å²) < 4.78 is 0. The molecule has 4 rings (SSSR count). The molecular formula is C28H30ClN3O2. The van der Waals surface area contributed by atoms with Gasteiger partial charge >= 0.3 is 0 Å². The number of carbonyl (C=O) groups excluding carboxylic acids is 2. The van der Waals surface area contributed by atoms with Crippen LogP contribution in [0.15, 0.2) is 66.7 Å². The molecule has 1 aromatic heterocycles. The standard InChI is InChI=1S/C28H30ClN3O2/c1-20-12-13-25(27(33)30-16-6-9-21-7-3-2-4-8-21)26(31-20)22-14-17-32(18-15-22)28(34)23-10-5-11-24(29)19-23/h2-5,7-8,10-13,19,22H,6,9,14-18H2,1H3,(H,30,33). The zero-order valence-corrected chi connectivity index (χ0v) is 20.2. The van der Waals surface area contributed by atoms with E-state index in [9.17, 15) is 9.59 Å². The van der Waals surface area contributed by atoms with Gasteiger partial charge in [0, 0.05) is 41.8 Å². The first-order valence-electron chi connectivity index (χ1n) is 11.9. The van der Waals surface area contributed by atoms with Gasteiger partial charge in [0.15, 0.2) is 0 Å². The number of aryl methyl sites for hydroxylation is 2. The number of benzene rings is 2. The second-order valence-electron chi connectivity index (χ2n) is 8.81. The number of carbonyl (C=O) groups is 2. The van der Waals surface area contributed by atoms with Gasteiger partial charge in [-0.1, -0.05) is 48.0 Å². The van der Waals surface area contributed by atoms with Gasteiger partial charge < -0.3 is 10.2 Å². The predicted octanol–water partition coefficient (Wildman–Crippen LogP) is 5.43. The molecule has 1 fully saturated rings. The Morgan fingerprint density at radius 1 is 1.03 bits per heavy atom. The number of likely N-dealkylation sites (tertiary alicyclic amines) is 1. The van der Waals surface area contributed by atoms with Crippen molar-refractivity contribution in [3.05, 3.63) is 99.8 Å². The molecule has 6 heteroatoms. The third kappa shape index (κ3) is 6.03. The zero-order valence-electron chi connectivity index (χ0n) is 19.5. The summed E-state index contributed by atoms with van der Waals surface area (Å²) in [5.74, 6) is 0.0657. The van der Waals surface area contributed by atoms with E-state index in [0.717, 1.165) is 37.1 Å². The minimum Gasteiger partial charge on any atom is -0.352 e. The van der Waals surface area contributed by atoms with Crippen LogP contribution in [0.25, 0.3) is 0 Å². The third-order valence-electron chi connectivity index (χ3n) is 6.32. The van der Waals surface area contributed by atoms with E-state index in [2.05, 4.69) is 17.4 Å². The number of nitrogens with zero attached hydrogens (tertiary/aromatic N) is 2. The number of pyridine rings is 1. The summed E-state index contributed by atoms with van der Waals surface area (Å²) in [7, 11) is 0. The minimum absolute atomic E-state index is 0.00506. The highest BCUT2D eigenvalue weighted by Gasteiger charge is 2.28. The highest BCUT2D eigenvalue weighted by Crippen LogP contribution is 2.30. The highest BCUT2D eigenvalue weighted by atomic mass is 35.5. The minimum atomic E-state index is -0.0759. The Kier molecular flexibility index (Phi) is 7.96. The number of nitrogens with one attached hydrogen (secondary N) is 1. The first kappa shape index (κ1) is 24.0. The van der Waals surface area contributed by atoms with Gasteiger partial charge in [-0.2, -0.15) is 0 Å². The Bertz CT molecular complexity index is 1140. The van der Waals surface area contributed by atoms with E-state index >= 15 is 0 Å². The number of hydrogen-bond donors (Lipinski definition) is 1. The lowest BCUT2D eigenvalue weighted by Crippen LogP contribution is -2.38. The second kappa shape index (κ2) is 11.3. The smallest absolute Gasteiger partial charge is 0.253 e. The monoisotopic (exact) mass is 475 g/mol. The van der Waals surface area contributed by atoms with E-state index in [-0.39, 0.29) is 17.7 Å². The molecule has 2 heterocycles. The van der Waals surface area contributed by atoms with Gasteiger partial charge in [0.1, 0.15) is 0 Å². The van der Waals surface area contributed by atoms with Crippen LogP contribution in [0.5, 0.6) is 0 Å². The number of aromatic nitrogens is 1. The Balaban J connectivity index is 1.36. The van der Waals surface area contributed by atoms with Crippen LogP contribution in [-0.4, -0.2) is 41.3 Å². The molecule has 5 nitrogen and oxygen atoms in total. The Labute approximate surface area is 206 Å². The van der Waals surface area contributed by atoms with Gasteiger partial charge in [-0.05, 0) is 68.5 Å². The lowest BCUT2D eigenvalue weighted by molar-refractivity contribution is 0.0710. The maximum atomic E-state index is 13.0. The second-order valence-corrected chi connectivity index (χ2v) is 9.24. The quantitative estimate of drug-likeness (QED) is 0.464. The number of halogens is 1. The Morgan fingerprint density at radius 2 is 1.79 bits per heavy atom. The zero-order chi connectivity index (χ0) is 23.9. The largest absolute Gasteiger partial charge is 0.352 e. The van der Waals surface area contributed by atoms with Crippen LogP contribution in [0.3, 0.4) is 0 Å². The molecule has 3 aromatic rings. The van der Waals surface area contributed by atoms with Gasteiger partial charge in [0.2, 0.25) is 0 Å². The highest BCUT2D eigenvalue weighted by molar-refractivity contribution is 6.30. The maximum Gasteiger partial charge on any atom is 0.253 e. The molecule has 0 atom stereocenters. The normalized spacial score (nSPS) is 14.1. The van der Waals surface area contributed by atoms with Crippen molar-refractivity contribution in [2.24, 2.45) is 0 Å². The van der Waals surface area contributed by atoms with Crippen LogP contribution in [0.1, 0.15) is 62.8 Å². The van der Waals surface area contributed by atoms with E-state index in [0.29, 0.717) is 35.8 Å². The summed E-state index contributed by atoms with van der Waals surface area (Å²) >= 11 is 6.05. The number of rotatable bonds is 7. The van der Waals surface area contributed by atoms with Crippen molar-refractivity contribution in [1.29, 1.82) is 0 Å². The van der Waals surface area contributed by atoms with Crippen LogP contribution in [-0.2, 0) is 6.42 Å². The van der Waals surface area contributed by atoms with Gasteiger partial charge in [-0.3, -0.25) is 14.6 Å². The molecule has 0 spiro atoms. The molecule has 0 radical (unpaired) electrons. The van der Waals surface area contributed by atoms with Crippen molar-refractivity contribution in [2.75, 3.05) is 19.6 Å². The van der Waals surface area contributed by atoms with E-state index in [1.807, 2.05) is 42.2 Å². The van der Waals surface area contributed by atoms with Crippen LogP contribution in [0.2, 0.25) is 5.02 Å². The summed E-state index contributed by atoms with van der Waals surface area (Å²) in [5, 5.41) is 3.63. The summed E-state index contributed by atoms with van der Waals surface area (Å²) in [6.07, 6.45) is 3.36. The van der Waals surface area contributed by atoms with Crippen molar-refractivity contribution >= 4 is 23.4 Å². The Hall–Kier alpha value is -3.18. The van der Waals surface area contributed by atoms with Crippen molar-refractivity contribution in [3.8, 4) is 0 Å². The predicted molar refractivity (Wildman–Crippen MR) is 135 cm³/mol. The molecule has 176 valence electrons. The van der Waals surface area contributed by atoms with E-state index < -0.39 is 0 Å². The molecule has 0 saturated carbocycles. The van der Waals surface area contributed by atoms with Crippen molar-refractivity contribution < 1.29 is 9.59 Å². The van der Waals surface area contributed by atoms with E-state index in [1.54, 1.807) is 24.3 Å². The lowest BCUT2D eigenvalue weighted by Gasteiger charge is -2.32. The molecule has 1 aliphatic heterocycles. The molecule has 0 aliphatic carbocycles. The summed E-state index contributed by atoms with van der Waals surface area (Å²) in [5.41, 5.74) is 4.26. The van der Waals surface area contributed by atoms with Crippen LogP contribution in [0.4, 0.5) is 0 Å². The first-order valence-corrected chi connectivity index (χ1v) is 12.2. The number of amides is 2. The summed E-state index contributed by atoms with van der Waals surface area (Å²) in [6.45, 7) is 3.82. The molecule has 0 bridgehead atoms. The fourth-order valence-corrected chi connectivity index (χ4v) is 4.66. The topological polar surface area (TPSA) is 62.3 Å². The van der Waals surface area contributed by atoms with Crippen molar-refractivity contribution in [3.63, 3.8) is 0 Å². The maximum absolute atomic E-state index is 13.0. The van der Waals surface area contributed by atoms with Gasteiger partial charge in [0.25, 0.3) is 11.8 Å². The van der Waals surface area contributed by atoms with Crippen molar-refractivity contribution in [2.45, 2.75) is 38.5 Å². The molecular weight excluding hydrogens is 446 g/mol. The van der Waals surface area contributed by atoms with Gasteiger partial charge in [-0.15, -0.1) is 0 Å². The van der Waals surface area contributed by atoms with Crippen LogP contribution < -0.4 is 5.32 Å². The van der Waals surface area contributed by atoms with Gasteiger partial charge in [0.05, 0.1) is 11.3 Å². The molecule has 1 N–H and O–H groups in total. The number of hydrogen-bond acceptors (Lipinski definition) is 3. The summed E-state index contributed by atoms with van der Waals surface area (Å²) in [4.78, 5) is 32.5. The fraction of sp³-hybridized carbons (Fsp3) is 0.321. The molecule has 2 amide bonds.